The maximum atomic E-state index is 11.6. The molecule has 3 rings (SSSR count). The molecule has 0 bridgehead atoms. The van der Waals surface area contributed by atoms with Crippen LogP contribution in [0.15, 0.2) is 47.5 Å². The number of pyridine rings is 1. The molecular weight excluding hydrogens is 294 g/mol. The first-order chi connectivity index (χ1) is 11.1. The van der Waals surface area contributed by atoms with Crippen LogP contribution in [0.3, 0.4) is 0 Å². The van der Waals surface area contributed by atoms with E-state index in [1.165, 1.54) is 18.0 Å². The normalized spacial score (nSPS) is 21.0. The first kappa shape index (κ1) is 15.3. The minimum Gasteiger partial charge on any atom is -0.503 e. The number of hydrogen-bond acceptors (Lipinski definition) is 3. The van der Waals surface area contributed by atoms with Crippen LogP contribution in [0.1, 0.15) is 53.6 Å². The summed E-state index contributed by atoms with van der Waals surface area (Å²) in [6.45, 7) is 0. The summed E-state index contributed by atoms with van der Waals surface area (Å²) in [5, 5.41) is 18.8. The molecule has 0 spiro atoms. The number of aromatic nitrogens is 1. The molecule has 1 saturated carbocycles. The van der Waals surface area contributed by atoms with E-state index < -0.39 is 17.1 Å². The molecule has 1 aliphatic carbocycles. The molecule has 120 valence electrons. The molecular formula is C18H19NO4. The summed E-state index contributed by atoms with van der Waals surface area (Å²) in [5.41, 5.74) is 0.127. The van der Waals surface area contributed by atoms with Gasteiger partial charge in [-0.1, -0.05) is 30.3 Å². The molecule has 23 heavy (non-hydrogen) atoms. The fourth-order valence-corrected chi connectivity index (χ4v) is 3.38. The monoisotopic (exact) mass is 313 g/mol. The van der Waals surface area contributed by atoms with Crippen molar-refractivity contribution in [3.63, 3.8) is 0 Å². The van der Waals surface area contributed by atoms with E-state index in [-0.39, 0.29) is 11.6 Å². The highest BCUT2D eigenvalue weighted by atomic mass is 16.4. The Hall–Kier alpha value is -2.56. The van der Waals surface area contributed by atoms with Gasteiger partial charge in [0.2, 0.25) is 5.43 Å². The molecule has 1 aliphatic rings. The minimum absolute atomic E-state index is 0.111. The van der Waals surface area contributed by atoms with E-state index in [1.54, 1.807) is 4.57 Å². The number of carbonyl (C=O) groups is 1. The van der Waals surface area contributed by atoms with Crippen LogP contribution in [0.5, 0.6) is 5.75 Å². The third-order valence-electron chi connectivity index (χ3n) is 4.65. The highest BCUT2D eigenvalue weighted by Gasteiger charge is 2.24. The zero-order chi connectivity index (χ0) is 16.4. The highest BCUT2D eigenvalue weighted by molar-refractivity contribution is 5.87. The second-order valence-electron chi connectivity index (χ2n) is 6.05. The van der Waals surface area contributed by atoms with E-state index in [1.807, 2.05) is 18.2 Å². The summed E-state index contributed by atoms with van der Waals surface area (Å²) in [7, 11) is 0. The topological polar surface area (TPSA) is 79.5 Å². The Labute approximate surface area is 133 Å². The maximum absolute atomic E-state index is 11.6. The minimum atomic E-state index is -1.31. The van der Waals surface area contributed by atoms with Gasteiger partial charge in [-0.3, -0.25) is 4.79 Å². The van der Waals surface area contributed by atoms with Gasteiger partial charge in [0.05, 0.1) is 6.20 Å². The third-order valence-corrected chi connectivity index (χ3v) is 4.65. The van der Waals surface area contributed by atoms with Crippen molar-refractivity contribution in [2.75, 3.05) is 0 Å². The van der Waals surface area contributed by atoms with Gasteiger partial charge in [-0.2, -0.15) is 0 Å². The molecule has 1 aromatic heterocycles. The SMILES string of the molecule is O=C(O)c1cn([C@H]2CC[C@@H](c3ccccc3)CC2)cc(O)c1=O. The van der Waals surface area contributed by atoms with E-state index in [9.17, 15) is 14.7 Å². The largest absolute Gasteiger partial charge is 0.503 e. The number of benzene rings is 1. The summed E-state index contributed by atoms with van der Waals surface area (Å²) in [6.07, 6.45) is 6.48. The van der Waals surface area contributed by atoms with Gasteiger partial charge in [-0.15, -0.1) is 0 Å². The Kier molecular flexibility index (Phi) is 4.19. The van der Waals surface area contributed by atoms with Crippen molar-refractivity contribution < 1.29 is 15.0 Å². The number of aromatic carboxylic acids is 1. The zero-order valence-corrected chi connectivity index (χ0v) is 12.7. The van der Waals surface area contributed by atoms with Crippen LogP contribution in [0.2, 0.25) is 0 Å². The molecule has 0 aliphatic heterocycles. The number of carboxylic acids is 1. The Morgan fingerprint density at radius 1 is 1.04 bits per heavy atom. The van der Waals surface area contributed by atoms with Gasteiger partial charge < -0.3 is 14.8 Å². The molecule has 5 heteroatoms. The van der Waals surface area contributed by atoms with E-state index in [0.29, 0.717) is 5.92 Å². The number of aromatic hydroxyl groups is 1. The molecule has 0 unspecified atom stereocenters. The summed E-state index contributed by atoms with van der Waals surface area (Å²) in [5.74, 6) is -1.30. The Balaban J connectivity index is 1.78. The molecule has 1 fully saturated rings. The third kappa shape index (κ3) is 3.13. The van der Waals surface area contributed by atoms with Crippen molar-refractivity contribution in [2.24, 2.45) is 0 Å². The summed E-state index contributed by atoms with van der Waals surface area (Å²) in [6, 6.07) is 10.5. The van der Waals surface area contributed by atoms with Gasteiger partial charge >= 0.3 is 5.97 Å². The van der Waals surface area contributed by atoms with Crippen LogP contribution < -0.4 is 5.43 Å². The molecule has 1 heterocycles. The van der Waals surface area contributed by atoms with Crippen molar-refractivity contribution >= 4 is 5.97 Å². The average Bonchev–Trinajstić information content (AvgIpc) is 2.58. The lowest BCUT2D eigenvalue weighted by Gasteiger charge is -2.30. The van der Waals surface area contributed by atoms with Crippen molar-refractivity contribution in [3.8, 4) is 5.75 Å². The lowest BCUT2D eigenvalue weighted by molar-refractivity contribution is 0.0693. The van der Waals surface area contributed by atoms with Gasteiger partial charge in [-0.25, -0.2) is 4.79 Å². The number of nitrogens with zero attached hydrogens (tertiary/aromatic N) is 1. The van der Waals surface area contributed by atoms with Gasteiger partial charge in [-0.05, 0) is 37.2 Å². The molecule has 0 saturated heterocycles. The van der Waals surface area contributed by atoms with E-state index in [4.69, 9.17) is 5.11 Å². The lowest BCUT2D eigenvalue weighted by atomic mass is 9.81. The standard InChI is InChI=1S/C18H19NO4/c20-16-11-19(10-15(17(16)21)18(22)23)14-8-6-13(7-9-14)12-4-2-1-3-5-12/h1-5,10-11,13-14,20H,6-9H2,(H,22,23)/t13-,14+. The molecule has 0 radical (unpaired) electrons. The zero-order valence-electron chi connectivity index (χ0n) is 12.7. The Morgan fingerprint density at radius 2 is 1.70 bits per heavy atom. The van der Waals surface area contributed by atoms with E-state index in [0.717, 1.165) is 25.7 Å². The van der Waals surface area contributed by atoms with Crippen molar-refractivity contribution in [1.29, 1.82) is 0 Å². The predicted octanol–water partition coefficient (Wildman–Crippen LogP) is 3.15. The van der Waals surface area contributed by atoms with Gasteiger partial charge in [0.15, 0.2) is 5.75 Å². The lowest BCUT2D eigenvalue weighted by Crippen LogP contribution is -2.22. The van der Waals surface area contributed by atoms with Crippen LogP contribution in [0.25, 0.3) is 0 Å². The van der Waals surface area contributed by atoms with E-state index >= 15 is 0 Å². The first-order valence-corrected chi connectivity index (χ1v) is 7.79. The number of carboxylic acid groups (broad SMARTS) is 1. The summed E-state index contributed by atoms with van der Waals surface area (Å²) in [4.78, 5) is 22.8. The molecule has 2 aromatic rings. The van der Waals surface area contributed by atoms with Crippen LogP contribution in [-0.4, -0.2) is 20.7 Å². The van der Waals surface area contributed by atoms with Crippen molar-refractivity contribution in [1.82, 2.24) is 4.57 Å². The second-order valence-corrected chi connectivity index (χ2v) is 6.05. The molecule has 0 amide bonds. The van der Waals surface area contributed by atoms with Crippen LogP contribution in [-0.2, 0) is 0 Å². The Morgan fingerprint density at radius 3 is 2.30 bits per heavy atom. The number of hydrogen-bond donors (Lipinski definition) is 2. The summed E-state index contributed by atoms with van der Waals surface area (Å²) >= 11 is 0. The smallest absolute Gasteiger partial charge is 0.341 e. The number of rotatable bonds is 3. The van der Waals surface area contributed by atoms with Crippen molar-refractivity contribution in [2.45, 2.75) is 37.6 Å². The average molecular weight is 313 g/mol. The maximum Gasteiger partial charge on any atom is 0.341 e. The van der Waals surface area contributed by atoms with Gasteiger partial charge in [0.25, 0.3) is 0 Å². The van der Waals surface area contributed by atoms with E-state index in [2.05, 4.69) is 12.1 Å². The highest BCUT2D eigenvalue weighted by Crippen LogP contribution is 2.38. The van der Waals surface area contributed by atoms with Crippen LogP contribution >= 0.6 is 0 Å². The second kappa shape index (κ2) is 6.28. The quantitative estimate of drug-likeness (QED) is 0.912. The van der Waals surface area contributed by atoms with Crippen LogP contribution in [0, 0.1) is 0 Å². The molecule has 1 aromatic carbocycles. The molecule has 2 N–H and O–H groups in total. The van der Waals surface area contributed by atoms with Gasteiger partial charge in [0, 0.05) is 12.2 Å². The first-order valence-electron chi connectivity index (χ1n) is 7.79. The van der Waals surface area contributed by atoms with Crippen LogP contribution in [0.4, 0.5) is 0 Å². The summed E-state index contributed by atoms with van der Waals surface area (Å²) < 4.78 is 1.68. The molecule has 5 nitrogen and oxygen atoms in total. The van der Waals surface area contributed by atoms with Gasteiger partial charge in [0.1, 0.15) is 5.56 Å². The fourth-order valence-electron chi connectivity index (χ4n) is 3.38. The Bertz CT molecular complexity index is 758. The van der Waals surface area contributed by atoms with Crippen molar-refractivity contribution in [3.05, 3.63) is 64.1 Å². The predicted molar refractivity (Wildman–Crippen MR) is 86.0 cm³/mol. The molecule has 0 atom stereocenters. The fraction of sp³-hybridized carbons (Fsp3) is 0.333.